The molecule has 0 N–H and O–H groups in total. The average molecular weight is 342 g/mol. The molecule has 0 aliphatic heterocycles. The van der Waals surface area contributed by atoms with E-state index in [0.29, 0.717) is 0 Å². The highest BCUT2D eigenvalue weighted by Crippen LogP contribution is 2.22. The van der Waals surface area contributed by atoms with Crippen molar-refractivity contribution in [3.63, 3.8) is 0 Å². The molecule has 82 valence electrons. The second-order valence-corrected chi connectivity index (χ2v) is 6.52. The molecule has 0 aliphatic carbocycles. The number of ketones is 1. The lowest BCUT2D eigenvalue weighted by Gasteiger charge is -2.06. The summed E-state index contributed by atoms with van der Waals surface area (Å²) >= 11 is 3.84. The molecule has 0 bridgehead atoms. The number of hydrogen-bond donors (Lipinski definition) is 0. The van der Waals surface area contributed by atoms with Crippen LogP contribution in [0.25, 0.3) is 0 Å². The Hall–Kier alpha value is -0.680. The first-order chi connectivity index (χ1) is 7.59. The molecule has 0 fully saturated rings. The van der Waals surface area contributed by atoms with E-state index >= 15 is 0 Å². The number of carbonyl (C=O) groups is 1. The first-order valence-corrected chi connectivity index (χ1v) is 6.90. The van der Waals surface area contributed by atoms with E-state index in [4.69, 9.17) is 0 Å². The summed E-state index contributed by atoms with van der Waals surface area (Å²) in [6.45, 7) is 4.03. The number of rotatable bonds is 2. The Kier molecular flexibility index (Phi) is 3.44. The van der Waals surface area contributed by atoms with Crippen LogP contribution in [0, 0.1) is 16.7 Å². The minimum absolute atomic E-state index is 0.125. The highest BCUT2D eigenvalue weighted by Gasteiger charge is 2.13. The van der Waals surface area contributed by atoms with Crippen molar-refractivity contribution in [2.75, 3.05) is 0 Å². The van der Waals surface area contributed by atoms with Gasteiger partial charge in [0.05, 0.1) is 2.88 Å². The molecule has 0 atom stereocenters. The summed E-state index contributed by atoms with van der Waals surface area (Å²) < 4.78 is 1.14. The SMILES string of the molecule is Cc1cccc(C(=O)c2csc(I)c2)c1C. The van der Waals surface area contributed by atoms with Crippen molar-refractivity contribution in [3.8, 4) is 0 Å². The summed E-state index contributed by atoms with van der Waals surface area (Å²) in [5.41, 5.74) is 3.85. The van der Waals surface area contributed by atoms with E-state index in [2.05, 4.69) is 22.6 Å². The van der Waals surface area contributed by atoms with E-state index in [9.17, 15) is 4.79 Å². The van der Waals surface area contributed by atoms with Gasteiger partial charge in [-0.25, -0.2) is 0 Å². The molecular formula is C13H11IOS. The molecule has 1 heterocycles. The van der Waals surface area contributed by atoms with Gasteiger partial charge in [-0.05, 0) is 53.6 Å². The Labute approximate surface area is 113 Å². The maximum Gasteiger partial charge on any atom is 0.194 e. The average Bonchev–Trinajstić information content (AvgIpc) is 2.68. The van der Waals surface area contributed by atoms with Crippen molar-refractivity contribution in [3.05, 3.63) is 54.8 Å². The van der Waals surface area contributed by atoms with Gasteiger partial charge in [-0.3, -0.25) is 4.79 Å². The standard InChI is InChI=1S/C13H11IOS/c1-8-4-3-5-11(9(8)2)13(15)10-6-12(14)16-7-10/h3-7H,1-2H3. The van der Waals surface area contributed by atoms with E-state index in [1.165, 1.54) is 0 Å². The van der Waals surface area contributed by atoms with Crippen molar-refractivity contribution >= 4 is 39.7 Å². The molecule has 0 unspecified atom stereocenters. The second-order valence-electron chi connectivity index (χ2n) is 3.72. The van der Waals surface area contributed by atoms with Crippen LogP contribution in [0.5, 0.6) is 0 Å². The van der Waals surface area contributed by atoms with Crippen molar-refractivity contribution in [2.24, 2.45) is 0 Å². The van der Waals surface area contributed by atoms with Crippen LogP contribution in [0.4, 0.5) is 0 Å². The van der Waals surface area contributed by atoms with Gasteiger partial charge in [-0.1, -0.05) is 18.2 Å². The zero-order chi connectivity index (χ0) is 11.7. The van der Waals surface area contributed by atoms with Crippen LogP contribution in [0.2, 0.25) is 0 Å². The van der Waals surface area contributed by atoms with Crippen LogP contribution < -0.4 is 0 Å². The lowest BCUT2D eigenvalue weighted by Crippen LogP contribution is -2.03. The second kappa shape index (κ2) is 4.67. The fraction of sp³-hybridized carbons (Fsp3) is 0.154. The Morgan fingerprint density at radius 1 is 1.31 bits per heavy atom. The molecule has 3 heteroatoms. The minimum atomic E-state index is 0.125. The maximum atomic E-state index is 12.2. The lowest BCUT2D eigenvalue weighted by molar-refractivity contribution is 0.103. The third kappa shape index (κ3) is 2.20. The van der Waals surface area contributed by atoms with Crippen molar-refractivity contribution < 1.29 is 4.79 Å². The third-order valence-corrected chi connectivity index (χ3v) is 4.47. The zero-order valence-electron chi connectivity index (χ0n) is 9.08. The molecule has 2 rings (SSSR count). The van der Waals surface area contributed by atoms with Gasteiger partial charge in [0.2, 0.25) is 0 Å². The molecule has 0 saturated carbocycles. The summed E-state index contributed by atoms with van der Waals surface area (Å²) in [5.74, 6) is 0.125. The number of hydrogen-bond acceptors (Lipinski definition) is 2. The number of thiophene rings is 1. The monoisotopic (exact) mass is 342 g/mol. The van der Waals surface area contributed by atoms with Crippen LogP contribution >= 0.6 is 33.9 Å². The van der Waals surface area contributed by atoms with Gasteiger partial charge in [-0.15, -0.1) is 11.3 Å². The molecule has 0 saturated heterocycles. The van der Waals surface area contributed by atoms with Gasteiger partial charge < -0.3 is 0 Å². The van der Waals surface area contributed by atoms with Crippen molar-refractivity contribution in [2.45, 2.75) is 13.8 Å². The highest BCUT2D eigenvalue weighted by atomic mass is 127. The van der Waals surface area contributed by atoms with Crippen LogP contribution in [0.3, 0.4) is 0 Å². The molecular weight excluding hydrogens is 331 g/mol. The first kappa shape index (κ1) is 11.8. The molecule has 1 aromatic heterocycles. The van der Waals surface area contributed by atoms with Crippen LogP contribution in [-0.2, 0) is 0 Å². The normalized spacial score (nSPS) is 10.4. The smallest absolute Gasteiger partial charge is 0.194 e. The molecule has 16 heavy (non-hydrogen) atoms. The summed E-state index contributed by atoms with van der Waals surface area (Å²) in [5, 5.41) is 1.92. The molecule has 0 radical (unpaired) electrons. The largest absolute Gasteiger partial charge is 0.289 e. The van der Waals surface area contributed by atoms with Crippen LogP contribution in [-0.4, -0.2) is 5.78 Å². The maximum absolute atomic E-state index is 12.2. The van der Waals surface area contributed by atoms with Gasteiger partial charge in [0, 0.05) is 16.5 Å². The summed E-state index contributed by atoms with van der Waals surface area (Å²) in [7, 11) is 0. The lowest BCUT2D eigenvalue weighted by atomic mass is 9.98. The molecule has 2 aromatic rings. The quantitative estimate of drug-likeness (QED) is 0.591. The number of aryl methyl sites for hydroxylation is 1. The van der Waals surface area contributed by atoms with E-state index in [0.717, 1.165) is 25.1 Å². The summed E-state index contributed by atoms with van der Waals surface area (Å²) in [4.78, 5) is 12.2. The Morgan fingerprint density at radius 3 is 2.69 bits per heavy atom. The highest BCUT2D eigenvalue weighted by molar-refractivity contribution is 14.1. The van der Waals surface area contributed by atoms with Crippen molar-refractivity contribution in [1.82, 2.24) is 0 Å². The topological polar surface area (TPSA) is 17.1 Å². The van der Waals surface area contributed by atoms with Gasteiger partial charge in [0.25, 0.3) is 0 Å². The fourth-order valence-electron chi connectivity index (χ4n) is 1.58. The third-order valence-electron chi connectivity index (χ3n) is 2.68. The molecule has 0 aliphatic rings. The Bertz CT molecular complexity index is 543. The van der Waals surface area contributed by atoms with E-state index in [-0.39, 0.29) is 5.78 Å². The predicted molar refractivity (Wildman–Crippen MR) is 76.4 cm³/mol. The Balaban J connectivity index is 2.45. The van der Waals surface area contributed by atoms with Gasteiger partial charge in [0.1, 0.15) is 0 Å². The van der Waals surface area contributed by atoms with Gasteiger partial charge >= 0.3 is 0 Å². The first-order valence-electron chi connectivity index (χ1n) is 4.94. The number of halogens is 1. The zero-order valence-corrected chi connectivity index (χ0v) is 12.1. The van der Waals surface area contributed by atoms with E-state index in [1.807, 2.05) is 43.5 Å². The van der Waals surface area contributed by atoms with Gasteiger partial charge in [-0.2, -0.15) is 0 Å². The molecule has 0 spiro atoms. The van der Waals surface area contributed by atoms with E-state index < -0.39 is 0 Å². The van der Waals surface area contributed by atoms with E-state index in [1.54, 1.807) is 11.3 Å². The number of carbonyl (C=O) groups excluding carboxylic acids is 1. The molecule has 1 nitrogen and oxygen atoms in total. The van der Waals surface area contributed by atoms with Crippen LogP contribution in [0.1, 0.15) is 27.0 Å². The van der Waals surface area contributed by atoms with Crippen molar-refractivity contribution in [1.29, 1.82) is 0 Å². The number of benzene rings is 1. The summed E-state index contributed by atoms with van der Waals surface area (Å²) in [6.07, 6.45) is 0. The summed E-state index contributed by atoms with van der Waals surface area (Å²) in [6, 6.07) is 7.81. The predicted octanol–water partition coefficient (Wildman–Crippen LogP) is 4.20. The minimum Gasteiger partial charge on any atom is -0.289 e. The fourth-order valence-corrected chi connectivity index (χ4v) is 2.91. The van der Waals surface area contributed by atoms with Crippen LogP contribution in [0.15, 0.2) is 29.6 Å². The Morgan fingerprint density at radius 2 is 2.06 bits per heavy atom. The van der Waals surface area contributed by atoms with Gasteiger partial charge in [0.15, 0.2) is 5.78 Å². The molecule has 0 amide bonds. The molecule has 1 aromatic carbocycles.